The Hall–Kier alpha value is -2.36. The number of benzene rings is 1. The van der Waals surface area contributed by atoms with Crippen molar-refractivity contribution in [2.75, 3.05) is 13.1 Å². The number of nitrogens with one attached hydrogen (secondary N) is 2. The van der Waals surface area contributed by atoms with Crippen molar-refractivity contribution in [1.29, 1.82) is 0 Å². The van der Waals surface area contributed by atoms with Gasteiger partial charge in [-0.25, -0.2) is 4.99 Å². The van der Waals surface area contributed by atoms with E-state index in [9.17, 15) is 0 Å². The lowest BCUT2D eigenvalue weighted by Crippen LogP contribution is -2.40. The second kappa shape index (κ2) is 9.71. The van der Waals surface area contributed by atoms with Crippen molar-refractivity contribution in [2.24, 2.45) is 10.9 Å². The summed E-state index contributed by atoms with van der Waals surface area (Å²) in [5.41, 5.74) is 2.33. The van der Waals surface area contributed by atoms with Crippen molar-refractivity contribution in [2.45, 2.75) is 33.2 Å². The molecule has 0 aliphatic rings. The van der Waals surface area contributed by atoms with Crippen molar-refractivity contribution >= 4 is 5.96 Å². The van der Waals surface area contributed by atoms with Crippen LogP contribution in [0.25, 0.3) is 0 Å². The van der Waals surface area contributed by atoms with Crippen molar-refractivity contribution in [3.8, 4) is 0 Å². The predicted octanol–water partition coefficient (Wildman–Crippen LogP) is 3.58. The summed E-state index contributed by atoms with van der Waals surface area (Å²) in [4.78, 5) is 8.96. The summed E-state index contributed by atoms with van der Waals surface area (Å²) in [6.45, 7) is 8.87. The van der Waals surface area contributed by atoms with Crippen LogP contribution in [0.4, 0.5) is 0 Å². The summed E-state index contributed by atoms with van der Waals surface area (Å²) in [6.07, 6.45) is 1.80. The number of aromatic nitrogens is 1. The van der Waals surface area contributed by atoms with Crippen LogP contribution in [0.1, 0.15) is 37.9 Å². The molecule has 4 heteroatoms. The van der Waals surface area contributed by atoms with E-state index in [-0.39, 0.29) is 0 Å². The van der Waals surface area contributed by atoms with Gasteiger partial charge in [0, 0.05) is 25.2 Å². The third kappa shape index (κ3) is 5.69. The molecule has 1 aromatic carbocycles. The van der Waals surface area contributed by atoms with Gasteiger partial charge in [-0.1, -0.05) is 50.2 Å². The van der Waals surface area contributed by atoms with Gasteiger partial charge < -0.3 is 10.6 Å². The summed E-state index contributed by atoms with van der Waals surface area (Å²) in [7, 11) is 0. The number of guanidine groups is 1. The summed E-state index contributed by atoms with van der Waals surface area (Å²) in [6, 6.07) is 16.6. The molecule has 1 aromatic heterocycles. The lowest BCUT2D eigenvalue weighted by atomic mass is 9.88. The quantitative estimate of drug-likeness (QED) is 0.604. The zero-order valence-electron chi connectivity index (χ0n) is 14.9. The van der Waals surface area contributed by atoms with Crippen molar-refractivity contribution in [3.05, 3.63) is 66.0 Å². The van der Waals surface area contributed by atoms with Crippen molar-refractivity contribution < 1.29 is 0 Å². The summed E-state index contributed by atoms with van der Waals surface area (Å²) < 4.78 is 0. The average molecular weight is 324 g/mol. The highest BCUT2D eigenvalue weighted by Gasteiger charge is 2.16. The minimum atomic E-state index is 0.449. The minimum Gasteiger partial charge on any atom is -0.357 e. The maximum absolute atomic E-state index is 4.64. The molecule has 0 aliphatic carbocycles. The SMILES string of the molecule is CCNC(=NCc1ccccn1)NCC(c1ccccc1)C(C)C. The number of hydrogen-bond donors (Lipinski definition) is 2. The number of nitrogens with zero attached hydrogens (tertiary/aromatic N) is 2. The third-order valence-electron chi connectivity index (χ3n) is 3.99. The lowest BCUT2D eigenvalue weighted by molar-refractivity contribution is 0.488. The second-order valence-corrected chi connectivity index (χ2v) is 6.16. The zero-order chi connectivity index (χ0) is 17.2. The van der Waals surface area contributed by atoms with E-state index in [1.807, 2.05) is 18.2 Å². The van der Waals surface area contributed by atoms with Gasteiger partial charge in [0.25, 0.3) is 0 Å². The van der Waals surface area contributed by atoms with Crippen LogP contribution in [0.15, 0.2) is 59.7 Å². The molecule has 24 heavy (non-hydrogen) atoms. The molecule has 1 unspecified atom stereocenters. The van der Waals surface area contributed by atoms with Gasteiger partial charge in [-0.05, 0) is 30.5 Å². The topological polar surface area (TPSA) is 49.3 Å². The first-order chi connectivity index (χ1) is 11.7. The van der Waals surface area contributed by atoms with Gasteiger partial charge in [-0.2, -0.15) is 0 Å². The van der Waals surface area contributed by atoms with Gasteiger partial charge in [0.1, 0.15) is 0 Å². The lowest BCUT2D eigenvalue weighted by Gasteiger charge is -2.23. The summed E-state index contributed by atoms with van der Waals surface area (Å²) >= 11 is 0. The van der Waals surface area contributed by atoms with Crippen LogP contribution in [-0.2, 0) is 6.54 Å². The highest BCUT2D eigenvalue weighted by atomic mass is 15.2. The standard InChI is InChI=1S/C20H28N4/c1-4-21-20(23-14-18-12-8-9-13-22-18)24-15-19(16(2)3)17-10-6-5-7-11-17/h5-13,16,19H,4,14-15H2,1-3H3,(H2,21,23,24). The first-order valence-corrected chi connectivity index (χ1v) is 8.67. The van der Waals surface area contributed by atoms with Crippen molar-refractivity contribution in [1.82, 2.24) is 15.6 Å². The monoisotopic (exact) mass is 324 g/mol. The highest BCUT2D eigenvalue weighted by Crippen LogP contribution is 2.23. The van der Waals surface area contributed by atoms with Crippen LogP contribution < -0.4 is 10.6 Å². The fourth-order valence-corrected chi connectivity index (χ4v) is 2.64. The average Bonchev–Trinajstić information content (AvgIpc) is 2.61. The van der Waals surface area contributed by atoms with E-state index < -0.39 is 0 Å². The molecule has 0 amide bonds. The molecule has 2 N–H and O–H groups in total. The third-order valence-corrected chi connectivity index (χ3v) is 3.99. The molecule has 1 heterocycles. The predicted molar refractivity (Wildman–Crippen MR) is 101 cm³/mol. The maximum atomic E-state index is 4.64. The highest BCUT2D eigenvalue weighted by molar-refractivity contribution is 5.79. The Morgan fingerprint density at radius 3 is 2.42 bits per heavy atom. The Morgan fingerprint density at radius 1 is 1.04 bits per heavy atom. The van der Waals surface area contributed by atoms with Crippen LogP contribution in [0, 0.1) is 5.92 Å². The molecule has 128 valence electrons. The fourth-order valence-electron chi connectivity index (χ4n) is 2.64. The Kier molecular flexibility index (Phi) is 7.27. The summed E-state index contributed by atoms with van der Waals surface area (Å²) in [5.74, 6) is 1.84. The maximum Gasteiger partial charge on any atom is 0.191 e. The van der Waals surface area contributed by atoms with E-state index in [0.717, 1.165) is 24.7 Å². The normalized spacial score (nSPS) is 12.9. The molecule has 0 aliphatic heterocycles. The van der Waals surface area contributed by atoms with Gasteiger partial charge in [0.2, 0.25) is 0 Å². The molecule has 2 aromatic rings. The van der Waals surface area contributed by atoms with Crippen molar-refractivity contribution in [3.63, 3.8) is 0 Å². The van der Waals surface area contributed by atoms with Gasteiger partial charge in [0.05, 0.1) is 12.2 Å². The van der Waals surface area contributed by atoms with Crippen LogP contribution in [0.3, 0.4) is 0 Å². The van der Waals surface area contributed by atoms with Gasteiger partial charge >= 0.3 is 0 Å². The number of rotatable bonds is 7. The molecular formula is C20H28N4. The van der Waals surface area contributed by atoms with E-state index in [1.165, 1.54) is 5.56 Å². The Morgan fingerprint density at radius 2 is 1.79 bits per heavy atom. The van der Waals surface area contributed by atoms with E-state index in [4.69, 9.17) is 0 Å². The Bertz CT molecular complexity index is 608. The molecule has 0 saturated heterocycles. The molecule has 0 radical (unpaired) electrons. The minimum absolute atomic E-state index is 0.449. The first-order valence-electron chi connectivity index (χ1n) is 8.67. The van der Waals surface area contributed by atoms with E-state index in [0.29, 0.717) is 18.4 Å². The van der Waals surface area contributed by atoms with Crippen LogP contribution in [0.5, 0.6) is 0 Å². The van der Waals surface area contributed by atoms with Crippen LogP contribution >= 0.6 is 0 Å². The molecule has 0 fully saturated rings. The molecular weight excluding hydrogens is 296 g/mol. The molecule has 2 rings (SSSR count). The molecule has 4 nitrogen and oxygen atoms in total. The van der Waals surface area contributed by atoms with Gasteiger partial charge in [0.15, 0.2) is 5.96 Å². The van der Waals surface area contributed by atoms with Gasteiger partial charge in [-0.15, -0.1) is 0 Å². The molecule has 0 bridgehead atoms. The van der Waals surface area contributed by atoms with Gasteiger partial charge in [-0.3, -0.25) is 4.98 Å². The van der Waals surface area contributed by atoms with Crippen LogP contribution in [-0.4, -0.2) is 24.0 Å². The largest absolute Gasteiger partial charge is 0.357 e. The Labute approximate surface area is 145 Å². The first kappa shape index (κ1) is 18.0. The zero-order valence-corrected chi connectivity index (χ0v) is 14.9. The smallest absolute Gasteiger partial charge is 0.191 e. The Balaban J connectivity index is 2.01. The van der Waals surface area contributed by atoms with E-state index >= 15 is 0 Å². The van der Waals surface area contributed by atoms with Crippen LogP contribution in [0.2, 0.25) is 0 Å². The second-order valence-electron chi connectivity index (χ2n) is 6.16. The van der Waals surface area contributed by atoms with E-state index in [2.05, 4.69) is 71.7 Å². The number of aliphatic imine (C=N–C) groups is 1. The number of pyridine rings is 1. The molecule has 1 atom stereocenters. The molecule has 0 spiro atoms. The van der Waals surface area contributed by atoms with E-state index in [1.54, 1.807) is 6.20 Å². The molecule has 0 saturated carbocycles. The fraction of sp³-hybridized carbons (Fsp3) is 0.400. The summed E-state index contributed by atoms with van der Waals surface area (Å²) in [5, 5.41) is 6.79. The number of hydrogen-bond acceptors (Lipinski definition) is 2.